The number of rotatable bonds is 7. The number of fused-ring (bicyclic) bond motifs is 1. The molecule has 3 heterocycles. The molecule has 1 fully saturated rings. The van der Waals surface area contributed by atoms with Gasteiger partial charge >= 0.3 is 0 Å². The maximum Gasteiger partial charge on any atom is 0.253 e. The lowest BCUT2D eigenvalue weighted by molar-refractivity contribution is 0.0948. The van der Waals surface area contributed by atoms with E-state index in [0.29, 0.717) is 6.04 Å². The predicted octanol–water partition coefficient (Wildman–Crippen LogP) is 4.94. The maximum atomic E-state index is 12.4. The van der Waals surface area contributed by atoms with Gasteiger partial charge in [-0.3, -0.25) is 9.69 Å². The highest BCUT2D eigenvalue weighted by Crippen LogP contribution is 2.38. The Labute approximate surface area is 231 Å². The first-order chi connectivity index (χ1) is 18.8. The van der Waals surface area contributed by atoms with Crippen LogP contribution < -0.4 is 25.1 Å². The highest BCUT2D eigenvalue weighted by Gasteiger charge is 2.26. The lowest BCUT2D eigenvalue weighted by Crippen LogP contribution is -2.38. The van der Waals surface area contributed by atoms with Crippen LogP contribution in [0.5, 0.6) is 17.2 Å². The minimum absolute atomic E-state index is 0.0258. The van der Waals surface area contributed by atoms with E-state index in [1.165, 1.54) is 11.1 Å². The van der Waals surface area contributed by atoms with Crippen molar-refractivity contribution in [1.29, 1.82) is 0 Å². The molecular formula is C32H41N3O4. The molecule has 0 bridgehead atoms. The Morgan fingerprint density at radius 1 is 1.00 bits per heavy atom. The van der Waals surface area contributed by atoms with Crippen molar-refractivity contribution in [2.24, 2.45) is 7.05 Å². The van der Waals surface area contributed by atoms with Crippen molar-refractivity contribution in [3.8, 4) is 28.4 Å². The van der Waals surface area contributed by atoms with Gasteiger partial charge in [-0.1, -0.05) is 12.1 Å². The van der Waals surface area contributed by atoms with Gasteiger partial charge in [0.25, 0.3) is 5.56 Å². The summed E-state index contributed by atoms with van der Waals surface area (Å²) in [6, 6.07) is 11.0. The van der Waals surface area contributed by atoms with Gasteiger partial charge < -0.3 is 24.1 Å². The molecule has 7 heteroatoms. The first-order valence-electron chi connectivity index (χ1n) is 14.0. The van der Waals surface area contributed by atoms with Gasteiger partial charge in [0, 0.05) is 55.6 Å². The van der Waals surface area contributed by atoms with E-state index in [9.17, 15) is 4.79 Å². The summed E-state index contributed by atoms with van der Waals surface area (Å²) in [6.07, 6.45) is 5.10. The number of ether oxygens (including phenoxy) is 3. The highest BCUT2D eigenvalue weighted by atomic mass is 16.5. The summed E-state index contributed by atoms with van der Waals surface area (Å²) in [4.78, 5) is 14.8. The van der Waals surface area contributed by atoms with Gasteiger partial charge in [0.05, 0.1) is 19.8 Å². The smallest absolute Gasteiger partial charge is 0.253 e. The van der Waals surface area contributed by atoms with Crippen LogP contribution in [0.3, 0.4) is 0 Å². The molecule has 2 aliphatic rings. The Bertz CT molecular complexity index is 1380. The van der Waals surface area contributed by atoms with E-state index < -0.39 is 0 Å². The molecule has 3 aromatic rings. The van der Waals surface area contributed by atoms with Crippen LogP contribution in [0.2, 0.25) is 0 Å². The molecule has 0 aliphatic carbocycles. The van der Waals surface area contributed by atoms with Gasteiger partial charge in [-0.15, -0.1) is 0 Å². The van der Waals surface area contributed by atoms with Crippen molar-refractivity contribution in [2.75, 3.05) is 33.9 Å². The minimum atomic E-state index is 0.0258. The third-order valence-corrected chi connectivity index (χ3v) is 8.52. The lowest BCUT2D eigenvalue weighted by atomic mass is 9.94. The molecule has 5 rings (SSSR count). The second-order valence-corrected chi connectivity index (χ2v) is 10.9. The summed E-state index contributed by atoms with van der Waals surface area (Å²) in [7, 11) is 5.20. The minimum Gasteiger partial charge on any atom is -0.496 e. The zero-order valence-electron chi connectivity index (χ0n) is 24.1. The first-order valence-corrected chi connectivity index (χ1v) is 14.0. The lowest BCUT2D eigenvalue weighted by Gasteiger charge is -2.34. The molecule has 208 valence electrons. The number of hydrogen-bond acceptors (Lipinski definition) is 6. The van der Waals surface area contributed by atoms with Crippen molar-refractivity contribution < 1.29 is 14.2 Å². The molecule has 0 spiro atoms. The second-order valence-electron chi connectivity index (χ2n) is 10.9. The second kappa shape index (κ2) is 11.4. The summed E-state index contributed by atoms with van der Waals surface area (Å²) in [5, 5.41) is 3.54. The SMILES string of the molecule is COc1cc(-c2cn(C)c(=O)c(C)c2C)cc(OC)c1CN1CCC(Oc2cccc3c2CCNC3C)CC1. The number of nitrogens with zero attached hydrogens (tertiary/aromatic N) is 2. The van der Waals surface area contributed by atoms with Crippen LogP contribution in [0.25, 0.3) is 11.1 Å². The number of likely N-dealkylation sites (tertiary alicyclic amines) is 1. The number of benzene rings is 2. The van der Waals surface area contributed by atoms with E-state index >= 15 is 0 Å². The molecule has 0 saturated carbocycles. The fraction of sp³-hybridized carbons (Fsp3) is 0.469. The summed E-state index contributed by atoms with van der Waals surface area (Å²) in [6.45, 7) is 9.73. The van der Waals surface area contributed by atoms with Crippen LogP contribution in [0.1, 0.15) is 53.6 Å². The quantitative estimate of drug-likeness (QED) is 0.466. The van der Waals surface area contributed by atoms with E-state index in [1.807, 2.05) is 20.0 Å². The summed E-state index contributed by atoms with van der Waals surface area (Å²) < 4.78 is 19.9. The van der Waals surface area contributed by atoms with E-state index in [0.717, 1.165) is 90.5 Å². The van der Waals surface area contributed by atoms with Gasteiger partial charge in [0.1, 0.15) is 23.4 Å². The van der Waals surface area contributed by atoms with Crippen LogP contribution >= 0.6 is 0 Å². The van der Waals surface area contributed by atoms with Gasteiger partial charge in [-0.05, 0) is 81.5 Å². The number of aryl methyl sites for hydroxylation is 1. The van der Waals surface area contributed by atoms with Gasteiger partial charge in [-0.25, -0.2) is 0 Å². The van der Waals surface area contributed by atoms with E-state index in [1.54, 1.807) is 25.8 Å². The zero-order chi connectivity index (χ0) is 27.7. The fourth-order valence-corrected chi connectivity index (χ4v) is 6.04. The molecule has 0 amide bonds. The number of piperidine rings is 1. The van der Waals surface area contributed by atoms with Crippen LogP contribution in [-0.2, 0) is 20.0 Å². The molecule has 1 unspecified atom stereocenters. The van der Waals surface area contributed by atoms with Crippen molar-refractivity contribution in [3.05, 3.63) is 74.7 Å². The molecule has 1 N–H and O–H groups in total. The van der Waals surface area contributed by atoms with E-state index in [4.69, 9.17) is 14.2 Å². The zero-order valence-corrected chi connectivity index (χ0v) is 24.1. The Balaban J connectivity index is 1.31. The van der Waals surface area contributed by atoms with Crippen LogP contribution in [0.4, 0.5) is 0 Å². The van der Waals surface area contributed by atoms with E-state index in [2.05, 4.69) is 47.5 Å². The molecule has 1 saturated heterocycles. The normalized spacial score (nSPS) is 18.1. The van der Waals surface area contributed by atoms with E-state index in [-0.39, 0.29) is 11.7 Å². The molecule has 1 atom stereocenters. The largest absolute Gasteiger partial charge is 0.496 e. The first kappa shape index (κ1) is 27.3. The number of hydrogen-bond donors (Lipinski definition) is 1. The molecule has 7 nitrogen and oxygen atoms in total. The van der Waals surface area contributed by atoms with Crippen LogP contribution in [0.15, 0.2) is 41.3 Å². The highest BCUT2D eigenvalue weighted by molar-refractivity contribution is 5.72. The Kier molecular flexibility index (Phi) is 8.01. The van der Waals surface area contributed by atoms with Crippen molar-refractivity contribution in [1.82, 2.24) is 14.8 Å². The molecule has 2 aromatic carbocycles. The molecular weight excluding hydrogens is 490 g/mol. The maximum absolute atomic E-state index is 12.4. The molecule has 1 aromatic heterocycles. The third-order valence-electron chi connectivity index (χ3n) is 8.52. The van der Waals surface area contributed by atoms with Crippen molar-refractivity contribution in [3.63, 3.8) is 0 Å². The predicted molar refractivity (Wildman–Crippen MR) is 155 cm³/mol. The standard InChI is InChI=1S/C32H41N3O4/c1-20-21(2)32(36)34(4)18-27(20)23-16-30(37-5)28(31(17-23)38-6)19-35-14-11-24(12-15-35)39-29-9-7-8-25-22(3)33-13-10-26(25)29/h7-9,16-18,22,24,33H,10-15,19H2,1-6H3. The monoisotopic (exact) mass is 531 g/mol. The Hall–Kier alpha value is -3.29. The summed E-state index contributed by atoms with van der Waals surface area (Å²) in [5.41, 5.74) is 7.51. The number of aromatic nitrogens is 1. The number of methoxy groups -OCH3 is 2. The average molecular weight is 532 g/mol. The van der Waals surface area contributed by atoms with Gasteiger partial charge in [0.15, 0.2) is 0 Å². The van der Waals surface area contributed by atoms with Crippen LogP contribution in [-0.4, -0.2) is 49.4 Å². The van der Waals surface area contributed by atoms with Gasteiger partial charge in [-0.2, -0.15) is 0 Å². The average Bonchev–Trinajstić information content (AvgIpc) is 2.95. The van der Waals surface area contributed by atoms with Crippen molar-refractivity contribution in [2.45, 2.75) is 58.7 Å². The summed E-state index contributed by atoms with van der Waals surface area (Å²) >= 11 is 0. The Morgan fingerprint density at radius 2 is 1.69 bits per heavy atom. The van der Waals surface area contributed by atoms with Crippen molar-refractivity contribution >= 4 is 0 Å². The number of pyridine rings is 1. The van der Waals surface area contributed by atoms with Crippen LogP contribution in [0, 0.1) is 13.8 Å². The molecule has 0 radical (unpaired) electrons. The summed E-state index contributed by atoms with van der Waals surface area (Å²) in [5.74, 6) is 2.65. The third kappa shape index (κ3) is 5.43. The number of nitrogens with one attached hydrogen (secondary N) is 1. The topological polar surface area (TPSA) is 65.0 Å². The molecule has 2 aliphatic heterocycles. The fourth-order valence-electron chi connectivity index (χ4n) is 6.04. The van der Waals surface area contributed by atoms with Gasteiger partial charge in [0.2, 0.25) is 0 Å². The molecule has 39 heavy (non-hydrogen) atoms. The Morgan fingerprint density at radius 3 is 2.36 bits per heavy atom.